The van der Waals surface area contributed by atoms with Gasteiger partial charge in [0.05, 0.1) is 17.5 Å². The Morgan fingerprint density at radius 2 is 2.04 bits per heavy atom. The molecule has 2 aromatic heterocycles. The van der Waals surface area contributed by atoms with Gasteiger partial charge in [0.1, 0.15) is 5.82 Å². The second-order valence-electron chi connectivity index (χ2n) is 7.08. The second kappa shape index (κ2) is 7.25. The molecule has 0 aromatic carbocycles. The van der Waals surface area contributed by atoms with Gasteiger partial charge >= 0.3 is 0 Å². The number of nitrogens with zero attached hydrogens (tertiary/aromatic N) is 3. The Hall–Kier alpha value is -2.37. The first-order valence-corrected chi connectivity index (χ1v) is 9.32. The number of aromatic amines is 1. The Morgan fingerprint density at radius 3 is 2.80 bits per heavy atom. The number of aromatic nitrogens is 3. The van der Waals surface area contributed by atoms with Crippen LogP contribution < -0.4 is 10.2 Å². The predicted molar refractivity (Wildman–Crippen MR) is 96.7 cm³/mol. The molecule has 6 heteroatoms. The number of hydrogen-bond acceptors (Lipinski definition) is 4. The fraction of sp³-hybridized carbons (Fsp3) is 0.526. The third-order valence-corrected chi connectivity index (χ3v) is 5.09. The van der Waals surface area contributed by atoms with Crippen molar-refractivity contribution < 1.29 is 4.79 Å². The van der Waals surface area contributed by atoms with Crippen LogP contribution in [0.1, 0.15) is 66.1 Å². The molecule has 3 heterocycles. The van der Waals surface area contributed by atoms with Crippen LogP contribution in [0.15, 0.2) is 24.5 Å². The lowest BCUT2D eigenvalue weighted by atomic mass is 10.1. The average Bonchev–Trinajstić information content (AvgIpc) is 3.43. The molecule has 1 aliphatic carbocycles. The summed E-state index contributed by atoms with van der Waals surface area (Å²) in [5.74, 6) is 1.46. The highest BCUT2D eigenvalue weighted by Crippen LogP contribution is 2.40. The summed E-state index contributed by atoms with van der Waals surface area (Å²) in [5.41, 5.74) is 2.75. The summed E-state index contributed by atoms with van der Waals surface area (Å²) in [6, 6.07) is 4.07. The molecule has 0 bridgehead atoms. The number of anilines is 1. The molecule has 1 amide bonds. The van der Waals surface area contributed by atoms with E-state index in [2.05, 4.69) is 31.5 Å². The second-order valence-corrected chi connectivity index (χ2v) is 7.08. The van der Waals surface area contributed by atoms with Gasteiger partial charge in [-0.25, -0.2) is 4.98 Å². The van der Waals surface area contributed by atoms with E-state index in [4.69, 9.17) is 0 Å². The molecule has 2 fully saturated rings. The van der Waals surface area contributed by atoms with Crippen LogP contribution in [0, 0.1) is 0 Å². The van der Waals surface area contributed by atoms with Gasteiger partial charge in [0.25, 0.3) is 5.91 Å². The van der Waals surface area contributed by atoms with E-state index in [0.29, 0.717) is 18.0 Å². The number of carbonyl (C=O) groups excluding carboxylic acids is 1. The van der Waals surface area contributed by atoms with E-state index >= 15 is 0 Å². The summed E-state index contributed by atoms with van der Waals surface area (Å²) in [6.45, 7) is 2.66. The number of amides is 1. The van der Waals surface area contributed by atoms with Crippen molar-refractivity contribution in [3.8, 4) is 0 Å². The van der Waals surface area contributed by atoms with Gasteiger partial charge in [0.15, 0.2) is 0 Å². The lowest BCUT2D eigenvalue weighted by molar-refractivity contribution is 0.0950. The lowest BCUT2D eigenvalue weighted by Gasteiger charge is -2.21. The number of hydrogen-bond donors (Lipinski definition) is 2. The molecular weight excluding hydrogens is 314 g/mol. The fourth-order valence-corrected chi connectivity index (χ4v) is 3.48. The van der Waals surface area contributed by atoms with E-state index in [1.807, 2.05) is 12.3 Å². The van der Waals surface area contributed by atoms with Gasteiger partial charge in [-0.1, -0.05) is 12.8 Å². The Morgan fingerprint density at radius 1 is 1.24 bits per heavy atom. The zero-order valence-electron chi connectivity index (χ0n) is 14.5. The first-order valence-electron chi connectivity index (χ1n) is 9.32. The average molecular weight is 339 g/mol. The number of rotatable bonds is 5. The smallest absolute Gasteiger partial charge is 0.255 e. The highest BCUT2D eigenvalue weighted by molar-refractivity contribution is 5.95. The Bertz CT molecular complexity index is 729. The van der Waals surface area contributed by atoms with Crippen molar-refractivity contribution in [3.63, 3.8) is 0 Å². The Kier molecular flexibility index (Phi) is 4.68. The van der Waals surface area contributed by atoms with E-state index in [-0.39, 0.29) is 5.91 Å². The molecule has 4 rings (SSSR count). The summed E-state index contributed by atoms with van der Waals surface area (Å²) >= 11 is 0. The first kappa shape index (κ1) is 16.1. The first-order chi connectivity index (χ1) is 12.3. The number of nitrogens with one attached hydrogen (secondary N) is 2. The van der Waals surface area contributed by atoms with Gasteiger partial charge < -0.3 is 10.2 Å². The van der Waals surface area contributed by atoms with Crippen molar-refractivity contribution in [1.82, 2.24) is 20.5 Å². The molecule has 2 N–H and O–H groups in total. The van der Waals surface area contributed by atoms with Gasteiger partial charge in [-0.15, -0.1) is 0 Å². The molecule has 132 valence electrons. The molecule has 1 aliphatic heterocycles. The maximum absolute atomic E-state index is 12.5. The maximum Gasteiger partial charge on any atom is 0.255 e. The van der Waals surface area contributed by atoms with Crippen LogP contribution >= 0.6 is 0 Å². The molecule has 0 radical (unpaired) electrons. The minimum Gasteiger partial charge on any atom is -0.357 e. The molecule has 0 atom stereocenters. The monoisotopic (exact) mass is 339 g/mol. The topological polar surface area (TPSA) is 73.9 Å². The fourth-order valence-electron chi connectivity index (χ4n) is 3.48. The minimum absolute atomic E-state index is 0.0521. The summed E-state index contributed by atoms with van der Waals surface area (Å²) in [6.07, 6.45) is 10.8. The maximum atomic E-state index is 12.5. The van der Waals surface area contributed by atoms with Crippen LogP contribution in [0.5, 0.6) is 0 Å². The van der Waals surface area contributed by atoms with Gasteiger partial charge in [-0.3, -0.25) is 9.89 Å². The van der Waals surface area contributed by atoms with Crippen molar-refractivity contribution in [3.05, 3.63) is 41.3 Å². The van der Waals surface area contributed by atoms with Crippen LogP contribution in [-0.2, 0) is 6.54 Å². The SMILES string of the molecule is O=C(NCc1ccnc(N2CCCCCC2)c1)c1cn[nH]c1C1CC1. The van der Waals surface area contributed by atoms with Crippen LogP contribution in [0.25, 0.3) is 0 Å². The van der Waals surface area contributed by atoms with E-state index < -0.39 is 0 Å². The summed E-state index contributed by atoms with van der Waals surface area (Å²) in [5, 5.41) is 10.0. The van der Waals surface area contributed by atoms with Crippen LogP contribution in [0.2, 0.25) is 0 Å². The highest BCUT2D eigenvalue weighted by atomic mass is 16.1. The van der Waals surface area contributed by atoms with Crippen molar-refractivity contribution >= 4 is 11.7 Å². The van der Waals surface area contributed by atoms with Crippen LogP contribution in [-0.4, -0.2) is 34.2 Å². The van der Waals surface area contributed by atoms with Crippen LogP contribution in [0.4, 0.5) is 5.82 Å². The van der Waals surface area contributed by atoms with E-state index in [9.17, 15) is 4.79 Å². The number of carbonyl (C=O) groups is 1. The molecule has 0 spiro atoms. The Labute approximate surface area is 148 Å². The lowest BCUT2D eigenvalue weighted by Crippen LogP contribution is -2.26. The largest absolute Gasteiger partial charge is 0.357 e. The van der Waals surface area contributed by atoms with Gasteiger partial charge in [0, 0.05) is 31.7 Å². The van der Waals surface area contributed by atoms with Crippen molar-refractivity contribution in [2.24, 2.45) is 0 Å². The van der Waals surface area contributed by atoms with Crippen LogP contribution in [0.3, 0.4) is 0 Å². The van der Waals surface area contributed by atoms with Crippen molar-refractivity contribution in [2.45, 2.75) is 51.0 Å². The zero-order valence-corrected chi connectivity index (χ0v) is 14.5. The standard InChI is InChI=1S/C19H25N5O/c25-19(16-13-22-23-18(16)15-5-6-15)21-12-14-7-8-20-17(11-14)24-9-3-1-2-4-10-24/h7-8,11,13,15H,1-6,9-10,12H2,(H,21,25)(H,22,23). The molecule has 1 saturated heterocycles. The summed E-state index contributed by atoms with van der Waals surface area (Å²) in [4.78, 5) is 19.4. The minimum atomic E-state index is -0.0521. The summed E-state index contributed by atoms with van der Waals surface area (Å²) in [7, 11) is 0. The van der Waals surface area contributed by atoms with Gasteiger partial charge in [-0.2, -0.15) is 5.10 Å². The van der Waals surface area contributed by atoms with E-state index in [1.54, 1.807) is 6.20 Å². The van der Waals surface area contributed by atoms with E-state index in [0.717, 1.165) is 43.0 Å². The third-order valence-electron chi connectivity index (χ3n) is 5.09. The third kappa shape index (κ3) is 3.83. The molecule has 2 aliphatic rings. The molecule has 1 saturated carbocycles. The molecular formula is C19H25N5O. The number of H-pyrrole nitrogens is 1. The zero-order chi connectivity index (χ0) is 17.1. The molecule has 2 aromatic rings. The quantitative estimate of drug-likeness (QED) is 0.878. The number of pyridine rings is 1. The van der Waals surface area contributed by atoms with Gasteiger partial charge in [-0.05, 0) is 43.4 Å². The molecule has 25 heavy (non-hydrogen) atoms. The predicted octanol–water partition coefficient (Wildman–Crippen LogP) is 2.99. The molecule has 6 nitrogen and oxygen atoms in total. The molecule has 0 unspecified atom stereocenters. The van der Waals surface area contributed by atoms with Crippen molar-refractivity contribution in [2.75, 3.05) is 18.0 Å². The Balaban J connectivity index is 1.40. The normalized spacial score (nSPS) is 18.0. The highest BCUT2D eigenvalue weighted by Gasteiger charge is 2.29. The van der Waals surface area contributed by atoms with Gasteiger partial charge in [0.2, 0.25) is 0 Å². The van der Waals surface area contributed by atoms with E-state index in [1.165, 1.54) is 25.7 Å². The van der Waals surface area contributed by atoms with Crippen molar-refractivity contribution in [1.29, 1.82) is 0 Å². The summed E-state index contributed by atoms with van der Waals surface area (Å²) < 4.78 is 0.